The number of anilines is 3. The number of nitrogens with zero attached hydrogens (tertiary/aromatic N) is 4. The van der Waals surface area contributed by atoms with Crippen LogP contribution in [-0.4, -0.2) is 40.2 Å². The number of hydrogen-bond acceptors (Lipinski definition) is 8. The number of hydrogen-bond donors (Lipinski definition) is 2. The minimum atomic E-state index is 0.457. The van der Waals surface area contributed by atoms with Crippen LogP contribution in [0.15, 0.2) is 30.7 Å². The maximum Gasteiger partial charge on any atom is 0.230 e. The quantitative estimate of drug-likeness (QED) is 0.708. The molecule has 25 heavy (non-hydrogen) atoms. The van der Waals surface area contributed by atoms with Gasteiger partial charge in [-0.3, -0.25) is 0 Å². The van der Waals surface area contributed by atoms with Crippen molar-refractivity contribution in [2.24, 2.45) is 0 Å². The van der Waals surface area contributed by atoms with E-state index in [-0.39, 0.29) is 0 Å². The van der Waals surface area contributed by atoms with Crippen LogP contribution < -0.4 is 20.1 Å². The lowest BCUT2D eigenvalue weighted by atomic mass is 10.2. The molecule has 1 saturated carbocycles. The summed E-state index contributed by atoms with van der Waals surface area (Å²) >= 11 is 0. The third-order valence-electron chi connectivity index (χ3n) is 3.94. The summed E-state index contributed by atoms with van der Waals surface area (Å²) in [6.07, 6.45) is 5.43. The molecular weight excluding hydrogens is 320 g/mol. The number of ether oxygens (including phenoxy) is 2. The average molecular weight is 338 g/mol. The van der Waals surface area contributed by atoms with Crippen LogP contribution in [-0.2, 0) is 0 Å². The van der Waals surface area contributed by atoms with Crippen LogP contribution in [0.25, 0.3) is 10.9 Å². The van der Waals surface area contributed by atoms with Crippen molar-refractivity contribution in [3.63, 3.8) is 0 Å². The third-order valence-corrected chi connectivity index (χ3v) is 3.94. The summed E-state index contributed by atoms with van der Waals surface area (Å²) in [4.78, 5) is 17.3. The van der Waals surface area contributed by atoms with Gasteiger partial charge in [-0.1, -0.05) is 0 Å². The SMILES string of the molecule is COc1cc2nc(Nc3ccncn3)nc(NC3CC3)c2cc1OC. The summed E-state index contributed by atoms with van der Waals surface area (Å²) in [6.45, 7) is 0. The van der Waals surface area contributed by atoms with Crippen molar-refractivity contribution < 1.29 is 9.47 Å². The second-order valence-corrected chi connectivity index (χ2v) is 5.76. The summed E-state index contributed by atoms with van der Waals surface area (Å²) in [5.41, 5.74) is 0.757. The van der Waals surface area contributed by atoms with Gasteiger partial charge in [0.2, 0.25) is 5.95 Å². The topological polar surface area (TPSA) is 94.1 Å². The van der Waals surface area contributed by atoms with E-state index in [4.69, 9.17) is 9.47 Å². The monoisotopic (exact) mass is 338 g/mol. The zero-order chi connectivity index (χ0) is 17.2. The first-order chi connectivity index (χ1) is 12.3. The van der Waals surface area contributed by atoms with Crippen LogP contribution in [0.4, 0.5) is 17.6 Å². The van der Waals surface area contributed by atoms with Gasteiger partial charge in [0, 0.05) is 23.7 Å². The van der Waals surface area contributed by atoms with Crippen molar-refractivity contribution in [2.45, 2.75) is 18.9 Å². The Morgan fingerprint density at radius 1 is 1.08 bits per heavy atom. The molecule has 0 radical (unpaired) electrons. The van der Waals surface area contributed by atoms with Crippen LogP contribution in [0.5, 0.6) is 11.5 Å². The zero-order valence-corrected chi connectivity index (χ0v) is 14.0. The molecule has 0 spiro atoms. The van der Waals surface area contributed by atoms with Gasteiger partial charge in [0.05, 0.1) is 19.7 Å². The highest BCUT2D eigenvalue weighted by atomic mass is 16.5. The van der Waals surface area contributed by atoms with Gasteiger partial charge in [0.1, 0.15) is 18.0 Å². The zero-order valence-electron chi connectivity index (χ0n) is 14.0. The summed E-state index contributed by atoms with van der Waals surface area (Å²) in [7, 11) is 3.22. The van der Waals surface area contributed by atoms with E-state index in [9.17, 15) is 0 Å². The second kappa shape index (κ2) is 6.39. The molecule has 0 unspecified atom stereocenters. The first-order valence-corrected chi connectivity index (χ1v) is 8.00. The van der Waals surface area contributed by atoms with E-state index in [2.05, 4.69) is 30.6 Å². The Hall–Kier alpha value is -3.16. The van der Waals surface area contributed by atoms with Crippen molar-refractivity contribution in [2.75, 3.05) is 24.9 Å². The predicted octanol–water partition coefficient (Wildman–Crippen LogP) is 2.75. The number of methoxy groups -OCH3 is 2. The second-order valence-electron chi connectivity index (χ2n) is 5.76. The maximum atomic E-state index is 5.40. The van der Waals surface area contributed by atoms with Gasteiger partial charge in [0.15, 0.2) is 11.5 Å². The minimum Gasteiger partial charge on any atom is -0.493 e. The molecule has 0 saturated heterocycles. The highest BCUT2D eigenvalue weighted by Gasteiger charge is 2.23. The van der Waals surface area contributed by atoms with Crippen molar-refractivity contribution in [3.05, 3.63) is 30.7 Å². The standard InChI is InChI=1S/C17H18N6O2/c1-24-13-7-11-12(8-14(13)25-2)21-17(22-15-5-6-18-9-19-15)23-16(11)20-10-3-4-10/h5-10H,3-4H2,1-2H3,(H2,18,19,20,21,22,23). The van der Waals surface area contributed by atoms with Gasteiger partial charge in [-0.25, -0.2) is 15.0 Å². The fraction of sp³-hybridized carbons (Fsp3) is 0.294. The molecule has 1 aromatic carbocycles. The Morgan fingerprint density at radius 2 is 1.88 bits per heavy atom. The van der Waals surface area contributed by atoms with Gasteiger partial charge in [-0.05, 0) is 25.0 Å². The first kappa shape index (κ1) is 15.4. The molecule has 0 amide bonds. The van der Waals surface area contributed by atoms with Crippen molar-refractivity contribution >= 4 is 28.5 Å². The van der Waals surface area contributed by atoms with E-state index in [1.54, 1.807) is 26.5 Å². The van der Waals surface area contributed by atoms with Gasteiger partial charge in [-0.2, -0.15) is 4.98 Å². The molecule has 3 aromatic rings. The molecular formula is C17H18N6O2. The maximum absolute atomic E-state index is 5.40. The molecule has 0 bridgehead atoms. The van der Waals surface area contributed by atoms with E-state index in [1.807, 2.05) is 12.1 Å². The van der Waals surface area contributed by atoms with E-state index in [1.165, 1.54) is 6.33 Å². The van der Waals surface area contributed by atoms with Gasteiger partial charge >= 0.3 is 0 Å². The predicted molar refractivity (Wildman–Crippen MR) is 94.6 cm³/mol. The summed E-state index contributed by atoms with van der Waals surface area (Å²) in [5, 5.41) is 7.45. The molecule has 0 atom stereocenters. The molecule has 1 aliphatic rings. The number of nitrogens with one attached hydrogen (secondary N) is 2. The molecule has 2 aromatic heterocycles. The van der Waals surface area contributed by atoms with Crippen LogP contribution in [0.3, 0.4) is 0 Å². The average Bonchev–Trinajstić information content (AvgIpc) is 3.45. The smallest absolute Gasteiger partial charge is 0.230 e. The Labute approximate surface area is 144 Å². The van der Waals surface area contributed by atoms with Crippen LogP contribution in [0.1, 0.15) is 12.8 Å². The largest absolute Gasteiger partial charge is 0.493 e. The van der Waals surface area contributed by atoms with Crippen molar-refractivity contribution in [1.82, 2.24) is 19.9 Å². The van der Waals surface area contributed by atoms with E-state index in [0.717, 1.165) is 29.6 Å². The van der Waals surface area contributed by atoms with Crippen molar-refractivity contribution in [1.29, 1.82) is 0 Å². The van der Waals surface area contributed by atoms with Crippen molar-refractivity contribution in [3.8, 4) is 11.5 Å². The van der Waals surface area contributed by atoms with Gasteiger partial charge in [-0.15, -0.1) is 0 Å². The molecule has 2 N–H and O–H groups in total. The molecule has 128 valence electrons. The van der Waals surface area contributed by atoms with Gasteiger partial charge in [0.25, 0.3) is 0 Å². The summed E-state index contributed by atoms with van der Waals surface area (Å²) in [5.74, 6) is 3.13. The Morgan fingerprint density at radius 3 is 2.56 bits per heavy atom. The number of aromatic nitrogens is 4. The minimum absolute atomic E-state index is 0.457. The molecule has 8 heteroatoms. The van der Waals surface area contributed by atoms with Gasteiger partial charge < -0.3 is 20.1 Å². The lowest BCUT2D eigenvalue weighted by Gasteiger charge is -2.14. The lowest BCUT2D eigenvalue weighted by Crippen LogP contribution is -2.08. The third kappa shape index (κ3) is 3.23. The van der Waals surface area contributed by atoms with Crippen LogP contribution >= 0.6 is 0 Å². The molecule has 4 rings (SSSR count). The Balaban J connectivity index is 1.81. The fourth-order valence-corrected chi connectivity index (χ4v) is 2.52. The van der Waals surface area contributed by atoms with E-state index >= 15 is 0 Å². The van der Waals surface area contributed by atoms with Crippen LogP contribution in [0, 0.1) is 0 Å². The highest BCUT2D eigenvalue weighted by molar-refractivity contribution is 5.93. The number of fused-ring (bicyclic) bond motifs is 1. The Kier molecular flexibility index (Phi) is 3.93. The fourth-order valence-electron chi connectivity index (χ4n) is 2.52. The first-order valence-electron chi connectivity index (χ1n) is 8.00. The summed E-state index contributed by atoms with van der Waals surface area (Å²) in [6, 6.07) is 5.96. The molecule has 2 heterocycles. The number of benzene rings is 1. The molecule has 0 aliphatic heterocycles. The molecule has 1 aliphatic carbocycles. The lowest BCUT2D eigenvalue weighted by molar-refractivity contribution is 0.356. The highest BCUT2D eigenvalue weighted by Crippen LogP contribution is 2.36. The number of rotatable bonds is 6. The Bertz CT molecular complexity index is 899. The normalized spacial score (nSPS) is 13.5. The molecule has 1 fully saturated rings. The summed E-state index contributed by atoms with van der Waals surface area (Å²) < 4.78 is 10.8. The van der Waals surface area contributed by atoms with Crippen LogP contribution in [0.2, 0.25) is 0 Å². The van der Waals surface area contributed by atoms with E-state index in [0.29, 0.717) is 29.3 Å². The van der Waals surface area contributed by atoms with E-state index < -0.39 is 0 Å². The molecule has 8 nitrogen and oxygen atoms in total.